The zero-order valence-corrected chi connectivity index (χ0v) is 31.3. The van der Waals surface area contributed by atoms with Crippen LogP contribution in [0.5, 0.6) is 0 Å². The second-order valence-corrected chi connectivity index (χ2v) is 19.1. The Hall–Kier alpha value is -3.14. The van der Waals surface area contributed by atoms with E-state index in [1.54, 1.807) is 0 Å². The highest BCUT2D eigenvalue weighted by molar-refractivity contribution is 6.77. The molecule has 0 heterocycles. The Bertz CT molecular complexity index is 1400. The molecule has 4 aromatic rings. The van der Waals surface area contributed by atoms with Crippen molar-refractivity contribution >= 4 is 8.32 Å². The first-order valence-electron chi connectivity index (χ1n) is 17.8. The van der Waals surface area contributed by atoms with Crippen LogP contribution in [0.4, 0.5) is 0 Å². The molecule has 4 rings (SSSR count). The summed E-state index contributed by atoms with van der Waals surface area (Å²) in [7, 11) is -2.22. The van der Waals surface area contributed by atoms with E-state index in [0.717, 1.165) is 22.3 Å². The van der Waals surface area contributed by atoms with Crippen LogP contribution in [-0.4, -0.2) is 39.8 Å². The number of nitrogens with one attached hydrogen (secondary N) is 1. The van der Waals surface area contributed by atoms with E-state index in [2.05, 4.69) is 95.6 Å². The molecule has 0 radical (unpaired) electrons. The van der Waals surface area contributed by atoms with Crippen LogP contribution in [-0.2, 0) is 49.9 Å². The van der Waals surface area contributed by atoms with Gasteiger partial charge in [0.2, 0.25) is 0 Å². The van der Waals surface area contributed by atoms with Crippen molar-refractivity contribution in [1.29, 1.82) is 0 Å². The molecule has 3 atom stereocenters. The molecule has 0 aliphatic heterocycles. The Kier molecular flexibility index (Phi) is 16.2. The molecule has 0 aromatic heterocycles. The molecular weight excluding hydrogens is 627 g/mol. The van der Waals surface area contributed by atoms with Crippen LogP contribution in [0.1, 0.15) is 63.8 Å². The summed E-state index contributed by atoms with van der Waals surface area (Å²) in [5, 5.41) is 0. The van der Waals surface area contributed by atoms with Crippen molar-refractivity contribution in [3.63, 3.8) is 0 Å². The molecular formula is C42H57NO5Si. The predicted octanol–water partition coefficient (Wildman–Crippen LogP) is 9.66. The zero-order chi connectivity index (χ0) is 34.9. The van der Waals surface area contributed by atoms with E-state index >= 15 is 0 Å². The SMILES string of the molecule is CC(C)[Si](OC[C@@H](OCc1ccccc1)[C@@H](OCc1ccccc1)[C@H](CNOCc1ccccc1)OCc1ccccc1)(C(C)C)C(C)C. The van der Waals surface area contributed by atoms with Gasteiger partial charge in [-0.25, -0.2) is 0 Å². The number of hydrogen-bond donors (Lipinski definition) is 1. The van der Waals surface area contributed by atoms with Gasteiger partial charge in [-0.1, -0.05) is 163 Å². The molecule has 6 nitrogen and oxygen atoms in total. The third-order valence-corrected chi connectivity index (χ3v) is 15.4. The van der Waals surface area contributed by atoms with Gasteiger partial charge in [-0.15, -0.1) is 0 Å². The van der Waals surface area contributed by atoms with E-state index in [0.29, 0.717) is 56.2 Å². The van der Waals surface area contributed by atoms with Crippen molar-refractivity contribution < 1.29 is 23.5 Å². The first kappa shape index (κ1) is 38.7. The third kappa shape index (κ3) is 12.0. The van der Waals surface area contributed by atoms with Crippen molar-refractivity contribution in [2.24, 2.45) is 0 Å². The molecule has 7 heteroatoms. The predicted molar refractivity (Wildman–Crippen MR) is 201 cm³/mol. The number of benzene rings is 4. The van der Waals surface area contributed by atoms with Crippen LogP contribution < -0.4 is 5.48 Å². The van der Waals surface area contributed by atoms with Gasteiger partial charge in [0.25, 0.3) is 0 Å². The second kappa shape index (κ2) is 20.5. The Morgan fingerprint density at radius 3 is 1.24 bits per heavy atom. The van der Waals surface area contributed by atoms with Gasteiger partial charge in [-0.2, -0.15) is 5.48 Å². The summed E-state index contributed by atoms with van der Waals surface area (Å²) in [6, 6.07) is 41.0. The maximum atomic E-state index is 7.22. The topological polar surface area (TPSA) is 58.2 Å². The minimum atomic E-state index is -2.22. The molecule has 0 fully saturated rings. The molecule has 4 aromatic carbocycles. The van der Waals surface area contributed by atoms with Crippen LogP contribution in [0.15, 0.2) is 121 Å². The fourth-order valence-electron chi connectivity index (χ4n) is 6.86. The van der Waals surface area contributed by atoms with E-state index in [4.69, 9.17) is 23.5 Å². The Morgan fingerprint density at radius 1 is 0.469 bits per heavy atom. The minimum absolute atomic E-state index is 0.394. The van der Waals surface area contributed by atoms with Crippen molar-refractivity contribution in [1.82, 2.24) is 5.48 Å². The molecule has 0 saturated carbocycles. The normalized spacial score (nSPS) is 14.0. The standard InChI is InChI=1S/C42H57NO5Si/c1-33(2)49(34(3)4,35(5)6)48-32-41(45-29-37-21-13-8-14-22-37)42(46-30-38-23-15-9-16-24-38)40(44-28-36-19-11-7-12-20-36)27-43-47-31-39-25-17-10-18-26-39/h7-26,33-35,40-43H,27-32H2,1-6H3/t40-,41+,42-/m0/s1. The molecule has 1 N–H and O–H groups in total. The maximum Gasteiger partial charge on any atom is 0.200 e. The lowest BCUT2D eigenvalue weighted by atomic mass is 10.1. The quantitative estimate of drug-likeness (QED) is 0.0506. The number of hydroxylamine groups is 1. The summed E-state index contributed by atoms with van der Waals surface area (Å²) < 4.78 is 27.7. The van der Waals surface area contributed by atoms with Gasteiger partial charge in [-0.3, -0.25) is 4.84 Å². The third-order valence-electron chi connectivity index (χ3n) is 9.30. The van der Waals surface area contributed by atoms with E-state index in [1.165, 1.54) is 0 Å². The summed E-state index contributed by atoms with van der Waals surface area (Å²) >= 11 is 0. The largest absolute Gasteiger partial charge is 0.413 e. The van der Waals surface area contributed by atoms with Gasteiger partial charge in [-0.05, 0) is 38.9 Å². The maximum absolute atomic E-state index is 7.22. The number of rotatable bonds is 22. The van der Waals surface area contributed by atoms with E-state index in [9.17, 15) is 0 Å². The average Bonchev–Trinajstić information content (AvgIpc) is 3.12. The highest BCUT2D eigenvalue weighted by Crippen LogP contribution is 2.42. The lowest BCUT2D eigenvalue weighted by Crippen LogP contribution is -2.53. The van der Waals surface area contributed by atoms with Crippen LogP contribution in [0.2, 0.25) is 16.6 Å². The summed E-state index contributed by atoms with van der Waals surface area (Å²) in [5.41, 5.74) is 8.87. The monoisotopic (exact) mass is 683 g/mol. The number of hydrogen-bond acceptors (Lipinski definition) is 6. The van der Waals surface area contributed by atoms with Crippen LogP contribution in [0, 0.1) is 0 Å². The average molecular weight is 684 g/mol. The molecule has 0 spiro atoms. The van der Waals surface area contributed by atoms with Crippen molar-refractivity contribution in [2.45, 2.75) is 103 Å². The van der Waals surface area contributed by atoms with Crippen molar-refractivity contribution in [2.75, 3.05) is 13.2 Å². The number of ether oxygens (including phenoxy) is 3. The van der Waals surface area contributed by atoms with Crippen LogP contribution in [0.3, 0.4) is 0 Å². The molecule has 0 bridgehead atoms. The molecule has 0 aliphatic carbocycles. The lowest BCUT2D eigenvalue weighted by molar-refractivity contribution is -0.166. The summed E-state index contributed by atoms with van der Waals surface area (Å²) in [6.07, 6.45) is -1.31. The first-order valence-corrected chi connectivity index (χ1v) is 19.9. The second-order valence-electron chi connectivity index (χ2n) is 13.7. The lowest BCUT2D eigenvalue weighted by Gasteiger charge is -2.44. The van der Waals surface area contributed by atoms with Gasteiger partial charge < -0.3 is 18.6 Å². The fourth-order valence-corrected chi connectivity index (χ4v) is 12.3. The molecule has 0 aliphatic rings. The van der Waals surface area contributed by atoms with Crippen LogP contribution in [0.25, 0.3) is 0 Å². The Balaban J connectivity index is 1.66. The summed E-state index contributed by atoms with van der Waals surface area (Å²) in [4.78, 5) is 5.98. The van der Waals surface area contributed by atoms with Gasteiger partial charge in [0.15, 0.2) is 8.32 Å². The fraction of sp³-hybridized carbons (Fsp3) is 0.429. The minimum Gasteiger partial charge on any atom is -0.413 e. The molecule has 0 saturated heterocycles. The van der Waals surface area contributed by atoms with Gasteiger partial charge in [0, 0.05) is 0 Å². The zero-order valence-electron chi connectivity index (χ0n) is 30.3. The van der Waals surface area contributed by atoms with Crippen molar-refractivity contribution in [3.8, 4) is 0 Å². The van der Waals surface area contributed by atoms with Gasteiger partial charge in [0.05, 0.1) is 39.6 Å². The van der Waals surface area contributed by atoms with E-state index < -0.39 is 26.6 Å². The highest BCUT2D eigenvalue weighted by Gasteiger charge is 2.46. The van der Waals surface area contributed by atoms with Gasteiger partial charge >= 0.3 is 0 Å². The highest BCUT2D eigenvalue weighted by atomic mass is 28.4. The van der Waals surface area contributed by atoms with Crippen molar-refractivity contribution in [3.05, 3.63) is 144 Å². The molecule has 0 unspecified atom stereocenters. The van der Waals surface area contributed by atoms with Crippen LogP contribution >= 0.6 is 0 Å². The molecule has 0 amide bonds. The van der Waals surface area contributed by atoms with E-state index in [1.807, 2.05) is 72.8 Å². The Labute approximate surface area is 296 Å². The molecule has 264 valence electrons. The first-order chi connectivity index (χ1) is 23.8. The summed E-state index contributed by atoms with van der Waals surface area (Å²) in [5.74, 6) is 0. The smallest absolute Gasteiger partial charge is 0.200 e. The van der Waals surface area contributed by atoms with Gasteiger partial charge in [0.1, 0.15) is 18.3 Å². The summed E-state index contributed by atoms with van der Waals surface area (Å²) in [6.45, 7) is 16.4. The molecule has 49 heavy (non-hydrogen) atoms. The van der Waals surface area contributed by atoms with E-state index in [-0.39, 0.29) is 0 Å². The Morgan fingerprint density at radius 2 is 0.837 bits per heavy atom.